The fourth-order valence-corrected chi connectivity index (χ4v) is 7.79. The first kappa shape index (κ1) is 43.3. The SMILES string of the molecule is COc1ccc2nccc(Nc3cccc(NC(=O)c4ccc(Nc5ccnc(-c6ccc7c(Nc8cccc(C(=O)Nc9ccc(Oc%10ccncc%10)cc9)c8)c(C)cnc7c6)c5)cc4)c3)c2c1. The Morgan fingerprint density at radius 1 is 0.478 bits per heavy atom. The number of rotatable bonds is 14. The second kappa shape index (κ2) is 19.5. The van der Waals surface area contributed by atoms with Gasteiger partial charge in [-0.1, -0.05) is 24.3 Å². The molecule has 6 aromatic carbocycles. The number of hydrogen-bond donors (Lipinski definition) is 5. The van der Waals surface area contributed by atoms with Crippen LogP contribution in [0.3, 0.4) is 0 Å². The molecule has 0 aliphatic heterocycles. The highest BCUT2D eigenvalue weighted by Crippen LogP contribution is 2.34. The monoisotopic (exact) mass is 905 g/mol. The molecule has 10 aromatic rings. The van der Waals surface area contributed by atoms with Gasteiger partial charge in [-0.2, -0.15) is 0 Å². The summed E-state index contributed by atoms with van der Waals surface area (Å²) < 4.78 is 11.3. The van der Waals surface area contributed by atoms with Gasteiger partial charge in [0, 0.05) is 98.3 Å². The number of hydrogen-bond acceptors (Lipinski definition) is 11. The number of nitrogens with one attached hydrogen (secondary N) is 5. The summed E-state index contributed by atoms with van der Waals surface area (Å²) in [6.45, 7) is 2.00. The van der Waals surface area contributed by atoms with Crippen LogP contribution in [0, 0.1) is 6.92 Å². The molecule has 69 heavy (non-hydrogen) atoms. The van der Waals surface area contributed by atoms with Crippen molar-refractivity contribution in [3.8, 4) is 28.5 Å². The fourth-order valence-electron chi connectivity index (χ4n) is 7.79. The molecule has 4 heterocycles. The number of pyridine rings is 4. The minimum absolute atomic E-state index is 0.231. The van der Waals surface area contributed by atoms with Crippen LogP contribution in [0.1, 0.15) is 26.3 Å². The summed E-state index contributed by atoms with van der Waals surface area (Å²) in [5.74, 6) is 1.60. The zero-order valence-electron chi connectivity index (χ0n) is 37.4. The summed E-state index contributed by atoms with van der Waals surface area (Å²) in [5, 5.41) is 18.3. The number of ether oxygens (including phenoxy) is 2. The van der Waals surface area contributed by atoms with E-state index in [0.29, 0.717) is 34.0 Å². The first-order chi connectivity index (χ1) is 33.8. The fraction of sp³-hybridized carbons (Fsp3) is 0.0357. The summed E-state index contributed by atoms with van der Waals surface area (Å²) in [6, 6.07) is 50.6. The Kier molecular flexibility index (Phi) is 12.2. The van der Waals surface area contributed by atoms with Crippen molar-refractivity contribution in [2.24, 2.45) is 0 Å². The van der Waals surface area contributed by atoms with E-state index in [9.17, 15) is 9.59 Å². The Hall–Kier alpha value is -9.62. The van der Waals surface area contributed by atoms with Gasteiger partial charge in [-0.25, -0.2) is 0 Å². The van der Waals surface area contributed by atoms with Crippen LogP contribution < -0.4 is 36.1 Å². The summed E-state index contributed by atoms with van der Waals surface area (Å²) in [4.78, 5) is 44.6. The van der Waals surface area contributed by atoms with Crippen LogP contribution >= 0.6 is 0 Å². The largest absolute Gasteiger partial charge is 0.497 e. The smallest absolute Gasteiger partial charge is 0.255 e. The lowest BCUT2D eigenvalue weighted by atomic mass is 10.0. The number of aromatic nitrogens is 4. The van der Waals surface area contributed by atoms with Gasteiger partial charge in [0.05, 0.1) is 29.5 Å². The molecule has 2 amide bonds. The van der Waals surface area contributed by atoms with Gasteiger partial charge in [0.2, 0.25) is 0 Å². The highest BCUT2D eigenvalue weighted by Gasteiger charge is 2.14. The molecule has 0 unspecified atom stereocenters. The molecule has 13 heteroatoms. The quantitative estimate of drug-likeness (QED) is 0.0705. The summed E-state index contributed by atoms with van der Waals surface area (Å²) in [5.41, 5.74) is 11.5. The molecule has 5 N–H and O–H groups in total. The van der Waals surface area contributed by atoms with Crippen LogP contribution in [-0.4, -0.2) is 38.9 Å². The molecule has 0 spiro atoms. The lowest BCUT2D eigenvalue weighted by Crippen LogP contribution is -2.12. The van der Waals surface area contributed by atoms with Crippen molar-refractivity contribution in [2.45, 2.75) is 6.92 Å². The normalized spacial score (nSPS) is 10.9. The van der Waals surface area contributed by atoms with E-state index in [4.69, 9.17) is 14.5 Å². The van der Waals surface area contributed by atoms with E-state index in [1.54, 1.807) is 86.5 Å². The van der Waals surface area contributed by atoms with E-state index >= 15 is 0 Å². The number of carbonyl (C=O) groups is 2. The number of carbonyl (C=O) groups excluding carboxylic acids is 2. The highest BCUT2D eigenvalue weighted by molar-refractivity contribution is 6.06. The Morgan fingerprint density at radius 3 is 2.00 bits per heavy atom. The van der Waals surface area contributed by atoms with Crippen molar-refractivity contribution in [1.29, 1.82) is 0 Å². The third-order valence-electron chi connectivity index (χ3n) is 11.3. The van der Waals surface area contributed by atoms with Gasteiger partial charge < -0.3 is 36.1 Å². The molecule has 0 aliphatic rings. The molecule has 0 fully saturated rings. The minimum Gasteiger partial charge on any atom is -0.497 e. The van der Waals surface area contributed by atoms with Gasteiger partial charge in [-0.3, -0.25) is 29.5 Å². The van der Waals surface area contributed by atoms with Crippen LogP contribution in [0.5, 0.6) is 17.2 Å². The molecule has 0 saturated heterocycles. The zero-order chi connectivity index (χ0) is 47.1. The number of benzene rings is 6. The second-order valence-corrected chi connectivity index (χ2v) is 16.1. The number of methoxy groups -OCH3 is 1. The van der Waals surface area contributed by atoms with E-state index < -0.39 is 0 Å². The van der Waals surface area contributed by atoms with Crippen LogP contribution in [0.25, 0.3) is 33.1 Å². The van der Waals surface area contributed by atoms with Gasteiger partial charge in [0.1, 0.15) is 17.2 Å². The van der Waals surface area contributed by atoms with Crippen LogP contribution in [0.4, 0.5) is 45.5 Å². The first-order valence-corrected chi connectivity index (χ1v) is 22.0. The van der Waals surface area contributed by atoms with Crippen LogP contribution in [0.15, 0.2) is 195 Å². The molecule has 4 aromatic heterocycles. The molecular weight excluding hydrogens is 863 g/mol. The van der Waals surface area contributed by atoms with E-state index in [1.807, 2.05) is 122 Å². The van der Waals surface area contributed by atoms with Gasteiger partial charge in [0.15, 0.2) is 0 Å². The number of fused-ring (bicyclic) bond motifs is 2. The first-order valence-electron chi connectivity index (χ1n) is 22.0. The van der Waals surface area contributed by atoms with Crippen molar-refractivity contribution in [3.63, 3.8) is 0 Å². The number of amides is 2. The van der Waals surface area contributed by atoms with Crippen molar-refractivity contribution in [1.82, 2.24) is 19.9 Å². The summed E-state index contributed by atoms with van der Waals surface area (Å²) in [7, 11) is 1.64. The molecule has 13 nitrogen and oxygen atoms in total. The molecule has 336 valence electrons. The highest BCUT2D eigenvalue weighted by atomic mass is 16.5. The lowest BCUT2D eigenvalue weighted by molar-refractivity contribution is 0.101. The van der Waals surface area contributed by atoms with E-state index in [1.165, 1.54) is 0 Å². The molecule has 0 saturated carbocycles. The summed E-state index contributed by atoms with van der Waals surface area (Å²) in [6.07, 6.45) is 8.68. The topological polar surface area (TPSA) is 164 Å². The Morgan fingerprint density at radius 2 is 1.17 bits per heavy atom. The predicted octanol–water partition coefficient (Wildman–Crippen LogP) is 13.1. The standard InChI is InChI=1S/C56H43N9O4/c1-35-34-60-53-30-37(11-19-48(53)54(35)63-41-6-3-5-38(29-41)56(67)64-40-14-16-45(17-15-40)69-46-22-25-57-26-23-46)52-32-44(21-27-59-52)61-39-12-9-36(10-13-39)55(66)65-43-8-4-7-42(31-43)62-51-24-28-58-50-20-18-47(68-2)33-49(50)51/h3-34H,1-2H3,(H,58,62)(H,59,61)(H,60,63)(H,64,67)(H,65,66). The predicted molar refractivity (Wildman–Crippen MR) is 274 cm³/mol. The van der Waals surface area contributed by atoms with Crippen LogP contribution in [-0.2, 0) is 0 Å². The maximum atomic E-state index is 13.4. The molecule has 0 atom stereocenters. The van der Waals surface area contributed by atoms with Crippen molar-refractivity contribution >= 4 is 79.1 Å². The van der Waals surface area contributed by atoms with Crippen molar-refractivity contribution < 1.29 is 19.1 Å². The Labute approximate surface area is 397 Å². The number of aryl methyl sites for hydroxylation is 1. The third-order valence-corrected chi connectivity index (χ3v) is 11.3. The Bertz CT molecular complexity index is 3500. The lowest BCUT2D eigenvalue weighted by Gasteiger charge is -2.15. The van der Waals surface area contributed by atoms with Crippen molar-refractivity contribution in [2.75, 3.05) is 33.7 Å². The summed E-state index contributed by atoms with van der Waals surface area (Å²) >= 11 is 0. The second-order valence-electron chi connectivity index (χ2n) is 16.1. The van der Waals surface area contributed by atoms with Gasteiger partial charge in [-0.15, -0.1) is 0 Å². The molecule has 10 rings (SSSR count). The number of anilines is 8. The van der Waals surface area contributed by atoms with E-state index in [-0.39, 0.29) is 11.8 Å². The molecule has 0 radical (unpaired) electrons. The zero-order valence-corrected chi connectivity index (χ0v) is 37.4. The average Bonchev–Trinajstić information content (AvgIpc) is 3.38. The maximum Gasteiger partial charge on any atom is 0.255 e. The van der Waals surface area contributed by atoms with E-state index in [0.717, 1.165) is 78.5 Å². The molecule has 0 aliphatic carbocycles. The average molecular weight is 906 g/mol. The van der Waals surface area contributed by atoms with Gasteiger partial charge in [0.25, 0.3) is 11.8 Å². The molecule has 0 bridgehead atoms. The van der Waals surface area contributed by atoms with E-state index in [2.05, 4.69) is 41.5 Å². The van der Waals surface area contributed by atoms with Gasteiger partial charge in [-0.05, 0) is 152 Å². The Balaban J connectivity index is 0.775. The van der Waals surface area contributed by atoms with Crippen LogP contribution in [0.2, 0.25) is 0 Å². The van der Waals surface area contributed by atoms with Crippen molar-refractivity contribution in [3.05, 3.63) is 211 Å². The number of nitrogens with zero attached hydrogens (tertiary/aromatic N) is 4. The van der Waals surface area contributed by atoms with Gasteiger partial charge >= 0.3 is 0 Å². The minimum atomic E-state index is -0.239. The maximum absolute atomic E-state index is 13.4. The molecular formula is C56H43N9O4. The third kappa shape index (κ3) is 10.1.